The van der Waals surface area contributed by atoms with E-state index in [2.05, 4.69) is 249 Å². The van der Waals surface area contributed by atoms with E-state index in [1.807, 2.05) is 0 Å². The third-order valence-electron chi connectivity index (χ3n) is 15.8. The van der Waals surface area contributed by atoms with Crippen molar-refractivity contribution in [1.29, 1.82) is 0 Å². The van der Waals surface area contributed by atoms with Gasteiger partial charge in [-0.05, 0) is 79.8 Å². The molecule has 8 aromatic carbocycles. The number of nitrogens with zero attached hydrogens (tertiary/aromatic N) is 3. The first kappa shape index (κ1) is 39.6. The second-order valence-electron chi connectivity index (χ2n) is 19.6. The normalized spacial score (nSPS) is 15.1. The first-order valence-corrected chi connectivity index (χ1v) is 25.9. The molecule has 0 amide bonds. The highest BCUT2D eigenvalue weighted by molar-refractivity contribution is 7.11. The van der Waals surface area contributed by atoms with E-state index in [4.69, 9.17) is 9.72 Å². The van der Waals surface area contributed by atoms with Crippen LogP contribution in [0.25, 0.3) is 78.2 Å². The van der Waals surface area contributed by atoms with E-state index in [9.17, 15) is 0 Å². The van der Waals surface area contributed by atoms with E-state index in [0.29, 0.717) is 0 Å². The highest BCUT2D eigenvalue weighted by Gasteiger charge is 2.48. The molecule has 0 saturated heterocycles. The number of ether oxygens (including phenoxy) is 1. The largest absolute Gasteiger partial charge is 0.457 e. The Labute approximate surface area is 391 Å². The molecule has 0 bridgehead atoms. The molecule has 13 rings (SSSR count). The van der Waals surface area contributed by atoms with Crippen molar-refractivity contribution in [3.8, 4) is 61.8 Å². The van der Waals surface area contributed by atoms with Gasteiger partial charge in [-0.3, -0.25) is 4.98 Å². The predicted octanol–water partition coefficient (Wildman–Crippen LogP) is 12.7. The summed E-state index contributed by atoms with van der Waals surface area (Å²) in [6, 6.07) is 71.3. The maximum Gasteiger partial charge on any atom is 0.373 e. The summed E-state index contributed by atoms with van der Waals surface area (Å²) >= 11 is 0. The number of para-hydroxylation sites is 6. The Bertz CT molecular complexity index is 3820. The van der Waals surface area contributed by atoms with Crippen molar-refractivity contribution in [3.05, 3.63) is 211 Å². The first-order valence-electron chi connectivity index (χ1n) is 23.4. The van der Waals surface area contributed by atoms with Gasteiger partial charge in [-0.2, -0.15) is 8.97 Å². The average molecular weight is 882 g/mol. The zero-order chi connectivity index (χ0) is 45.2. The topological polar surface area (TPSA) is 46.2 Å². The van der Waals surface area contributed by atoms with Gasteiger partial charge in [-0.1, -0.05) is 192 Å². The van der Waals surface area contributed by atoms with Gasteiger partial charge in [0, 0.05) is 33.1 Å². The van der Waals surface area contributed by atoms with Crippen LogP contribution in [0.3, 0.4) is 0 Å². The minimum absolute atomic E-state index is 0.194. The number of hydrogen-bond acceptors (Lipinski definition) is 2. The number of benzene rings is 8. The number of fused-ring (bicyclic) bond motifs is 15. The third kappa shape index (κ3) is 5.54. The van der Waals surface area contributed by atoms with Crippen LogP contribution in [0.15, 0.2) is 200 Å². The quantitative estimate of drug-likeness (QED) is 0.109. The summed E-state index contributed by atoms with van der Waals surface area (Å²) in [4.78, 5) is 9.22. The molecule has 1 aliphatic carbocycles. The minimum Gasteiger partial charge on any atom is -0.457 e. The summed E-state index contributed by atoms with van der Waals surface area (Å²) in [5, 5.41) is 3.93. The lowest BCUT2D eigenvalue weighted by atomic mass is 9.61. The minimum atomic E-state index is -2.83. The van der Waals surface area contributed by atoms with Gasteiger partial charge in [-0.15, -0.1) is 0 Å². The maximum absolute atomic E-state index is 7.31. The Morgan fingerprint density at radius 1 is 0.522 bits per heavy atom. The van der Waals surface area contributed by atoms with Crippen LogP contribution in [0.5, 0.6) is 11.5 Å². The molecule has 0 radical (unpaired) electrons. The zero-order valence-corrected chi connectivity index (χ0v) is 39.3. The summed E-state index contributed by atoms with van der Waals surface area (Å²) < 4.78 is 11.9. The molecular weight excluding hydrogens is 833 g/mol. The third-order valence-corrected chi connectivity index (χ3v) is 20.2. The SMILES string of the molecule is CC1(C)c2ccccc2Oc2c(cccc2[Si](C)(c2ccccc2)c2ccc3c(c2)-c2ccccc2-c2ncc(-[n+]4c5ccccc5n5c6ccccc6[nH]c54)cc2-c2ccccc2-3)C1(C)C. The molecule has 6 heteroatoms. The van der Waals surface area contributed by atoms with Crippen LogP contribution < -0.4 is 24.9 Å². The molecule has 4 heterocycles. The Kier molecular flexibility index (Phi) is 8.47. The summed E-state index contributed by atoms with van der Waals surface area (Å²) in [5.41, 5.74) is 16.6. The fourth-order valence-electron chi connectivity index (χ4n) is 11.5. The Balaban J connectivity index is 1.04. The Morgan fingerprint density at radius 3 is 1.94 bits per heavy atom. The van der Waals surface area contributed by atoms with Crippen molar-refractivity contribution < 1.29 is 9.30 Å². The van der Waals surface area contributed by atoms with Gasteiger partial charge >= 0.3 is 5.78 Å². The molecule has 67 heavy (non-hydrogen) atoms. The monoisotopic (exact) mass is 881 g/mol. The molecule has 0 saturated carbocycles. The number of aromatic nitrogens is 4. The van der Waals surface area contributed by atoms with Crippen molar-refractivity contribution in [3.63, 3.8) is 0 Å². The van der Waals surface area contributed by atoms with E-state index in [0.717, 1.165) is 67.4 Å². The average Bonchev–Trinajstić information content (AvgIpc) is 3.88. The van der Waals surface area contributed by atoms with Crippen LogP contribution in [-0.2, 0) is 10.8 Å². The molecule has 5 nitrogen and oxygen atoms in total. The molecule has 1 unspecified atom stereocenters. The van der Waals surface area contributed by atoms with E-state index in [1.165, 1.54) is 48.9 Å². The van der Waals surface area contributed by atoms with Crippen LogP contribution in [0, 0.1) is 0 Å². The maximum atomic E-state index is 7.31. The summed E-state index contributed by atoms with van der Waals surface area (Å²) in [6.07, 6.45) is 2.05. The Morgan fingerprint density at radius 2 is 1.13 bits per heavy atom. The molecule has 1 atom stereocenters. The number of nitrogens with one attached hydrogen (secondary N) is 1. The number of hydrogen-bond donors (Lipinski definition) is 1. The molecule has 0 spiro atoms. The van der Waals surface area contributed by atoms with Crippen molar-refractivity contribution in [2.24, 2.45) is 0 Å². The fraction of sp³-hybridized carbons (Fsp3) is 0.115. The highest BCUT2D eigenvalue weighted by atomic mass is 28.3. The fourth-order valence-corrected chi connectivity index (χ4v) is 15.2. The first-order chi connectivity index (χ1) is 32.6. The van der Waals surface area contributed by atoms with E-state index in [1.54, 1.807) is 0 Å². The second-order valence-corrected chi connectivity index (χ2v) is 23.5. The van der Waals surface area contributed by atoms with Crippen molar-refractivity contribution in [1.82, 2.24) is 14.4 Å². The lowest BCUT2D eigenvalue weighted by Gasteiger charge is -2.42. The number of rotatable bonds is 4. The van der Waals surface area contributed by atoms with Gasteiger partial charge in [0.25, 0.3) is 0 Å². The molecular formula is C61H49N4OSi+. The lowest BCUT2D eigenvalue weighted by molar-refractivity contribution is -0.540. The molecule has 3 aromatic heterocycles. The van der Waals surface area contributed by atoms with Crippen LogP contribution in [0.1, 0.15) is 38.8 Å². The van der Waals surface area contributed by atoms with Gasteiger partial charge in [0.05, 0.1) is 11.9 Å². The highest BCUT2D eigenvalue weighted by Crippen LogP contribution is 2.53. The van der Waals surface area contributed by atoms with Crippen LogP contribution in [0.4, 0.5) is 0 Å². The van der Waals surface area contributed by atoms with E-state index < -0.39 is 8.07 Å². The van der Waals surface area contributed by atoms with E-state index >= 15 is 0 Å². The molecule has 0 fully saturated rings. The van der Waals surface area contributed by atoms with Gasteiger partial charge in [-0.25, -0.2) is 4.98 Å². The molecule has 1 N–H and O–H groups in total. The van der Waals surface area contributed by atoms with Gasteiger partial charge in [0.1, 0.15) is 47.3 Å². The lowest BCUT2D eigenvalue weighted by Crippen LogP contribution is -2.65. The summed E-state index contributed by atoms with van der Waals surface area (Å²) in [5.74, 6) is 2.92. The molecule has 322 valence electrons. The smallest absolute Gasteiger partial charge is 0.373 e. The number of pyridine rings is 1. The van der Waals surface area contributed by atoms with Crippen LogP contribution in [-0.4, -0.2) is 22.4 Å². The summed E-state index contributed by atoms with van der Waals surface area (Å²) in [7, 11) is -2.83. The summed E-state index contributed by atoms with van der Waals surface area (Å²) in [6.45, 7) is 12.0. The zero-order valence-electron chi connectivity index (χ0n) is 38.3. The van der Waals surface area contributed by atoms with Gasteiger partial charge in [0.15, 0.2) is 0 Å². The van der Waals surface area contributed by atoms with Crippen molar-refractivity contribution in [2.75, 3.05) is 0 Å². The van der Waals surface area contributed by atoms with Crippen molar-refractivity contribution in [2.45, 2.75) is 45.1 Å². The van der Waals surface area contributed by atoms with Crippen LogP contribution >= 0.6 is 0 Å². The molecule has 1 aliphatic heterocycles. The predicted molar refractivity (Wildman–Crippen MR) is 277 cm³/mol. The van der Waals surface area contributed by atoms with Crippen LogP contribution in [0.2, 0.25) is 6.55 Å². The number of imidazole rings is 2. The van der Waals surface area contributed by atoms with Crippen molar-refractivity contribution >= 4 is 51.5 Å². The molecule has 2 aliphatic rings. The number of aromatic amines is 1. The van der Waals surface area contributed by atoms with E-state index in [-0.39, 0.29) is 10.8 Å². The second kappa shape index (κ2) is 14.3. The number of H-pyrrole nitrogens is 1. The van der Waals surface area contributed by atoms with Gasteiger partial charge < -0.3 is 4.74 Å². The Hall–Kier alpha value is -7.80. The van der Waals surface area contributed by atoms with Gasteiger partial charge in [0.2, 0.25) is 0 Å². The standard InChI is InChI=1S/C61H48N4OSi/c1-60(2)49-26-13-18-32-55(49)66-58-50(61(60,3)4)27-19-33-56(58)67(5,40-20-7-6-8-21-40)41-34-35-45-42-22-9-10-23-43(42)48-36-39(38-62-57(48)46-25-12-11-24-44(46)47(45)37-41)64-53-30-16-17-31-54(53)65-52-29-15-14-28-51(52)63-59(64)65/h6-38H,1-5H3/p+1. The molecule has 11 aromatic rings.